The van der Waals surface area contributed by atoms with Crippen molar-refractivity contribution in [2.75, 3.05) is 21.3 Å². The molecule has 17 heavy (non-hydrogen) atoms. The van der Waals surface area contributed by atoms with Gasteiger partial charge in [-0.25, -0.2) is 0 Å². The zero-order valence-electron chi connectivity index (χ0n) is 11.2. The molecule has 0 aliphatic rings. The smallest absolute Gasteiger partial charge is 0.176 e. The fraction of sp³-hybridized carbons (Fsp3) is 0.571. The predicted molar refractivity (Wildman–Crippen MR) is 70.0 cm³/mol. The molecule has 0 heterocycles. The number of nitrogens with one attached hydrogen (secondary N) is 1. The van der Waals surface area contributed by atoms with Crippen LogP contribution in [0.1, 0.15) is 30.5 Å². The Bertz CT molecular complexity index is 324. The minimum Gasteiger partial charge on any atom is -0.354 e. The summed E-state index contributed by atoms with van der Waals surface area (Å²) in [6.45, 7) is 2.19. The molecule has 0 saturated carbocycles. The van der Waals surface area contributed by atoms with E-state index in [9.17, 15) is 0 Å². The fourth-order valence-corrected chi connectivity index (χ4v) is 2.06. The molecule has 0 saturated heterocycles. The maximum Gasteiger partial charge on any atom is 0.176 e. The zero-order chi connectivity index (χ0) is 12.7. The Labute approximate surface area is 104 Å². The molecule has 1 rings (SSSR count). The molecule has 0 aliphatic carbocycles. The lowest BCUT2D eigenvalue weighted by atomic mass is 10.0. The number of ether oxygens (including phenoxy) is 2. The summed E-state index contributed by atoms with van der Waals surface area (Å²) in [7, 11) is 5.24. The Hall–Kier alpha value is -0.900. The van der Waals surface area contributed by atoms with Crippen LogP contribution < -0.4 is 5.32 Å². The van der Waals surface area contributed by atoms with Crippen LogP contribution in [0.3, 0.4) is 0 Å². The minimum atomic E-state index is -0.267. The van der Waals surface area contributed by atoms with Crippen LogP contribution in [0.25, 0.3) is 0 Å². The number of hydrogen-bond acceptors (Lipinski definition) is 3. The number of rotatable bonds is 7. The van der Waals surface area contributed by atoms with Gasteiger partial charge in [-0.1, -0.05) is 37.6 Å². The van der Waals surface area contributed by atoms with Crippen LogP contribution in [0.2, 0.25) is 0 Å². The van der Waals surface area contributed by atoms with Gasteiger partial charge in [0.1, 0.15) is 0 Å². The molecule has 1 N–H and O–H groups in total. The van der Waals surface area contributed by atoms with Crippen LogP contribution >= 0.6 is 0 Å². The largest absolute Gasteiger partial charge is 0.354 e. The summed E-state index contributed by atoms with van der Waals surface area (Å²) in [6.07, 6.45) is 2.00. The Morgan fingerprint density at radius 1 is 1.24 bits per heavy atom. The highest BCUT2D eigenvalue weighted by Gasteiger charge is 2.20. The van der Waals surface area contributed by atoms with Crippen LogP contribution in [0, 0.1) is 0 Å². The lowest BCUT2D eigenvalue weighted by Crippen LogP contribution is -2.32. The summed E-state index contributed by atoms with van der Waals surface area (Å²) in [5.74, 6) is 0. The number of hydrogen-bond donors (Lipinski definition) is 1. The first-order chi connectivity index (χ1) is 8.26. The molecule has 0 amide bonds. The number of likely N-dealkylation sites (N-methyl/N-ethyl adjacent to an activating group) is 1. The van der Waals surface area contributed by atoms with E-state index in [-0.39, 0.29) is 12.3 Å². The van der Waals surface area contributed by atoms with Gasteiger partial charge in [-0.3, -0.25) is 0 Å². The third kappa shape index (κ3) is 3.80. The quantitative estimate of drug-likeness (QED) is 0.739. The van der Waals surface area contributed by atoms with Gasteiger partial charge in [-0.15, -0.1) is 0 Å². The maximum atomic E-state index is 5.32. The van der Waals surface area contributed by atoms with Gasteiger partial charge < -0.3 is 14.8 Å². The van der Waals surface area contributed by atoms with E-state index in [1.165, 1.54) is 11.1 Å². The van der Waals surface area contributed by atoms with E-state index in [2.05, 4.69) is 36.5 Å². The summed E-state index contributed by atoms with van der Waals surface area (Å²) in [5.41, 5.74) is 2.56. The van der Waals surface area contributed by atoms with E-state index in [4.69, 9.17) is 9.47 Å². The second-order valence-electron chi connectivity index (χ2n) is 4.10. The van der Waals surface area contributed by atoms with E-state index in [1.54, 1.807) is 14.2 Å². The SMILES string of the molecule is CCCc1cccc(C(NC)C(OC)OC)c1. The molecule has 0 radical (unpaired) electrons. The molecule has 0 aliphatic heterocycles. The Balaban J connectivity index is 2.90. The Morgan fingerprint density at radius 2 is 1.94 bits per heavy atom. The number of methoxy groups -OCH3 is 2. The number of aryl methyl sites for hydroxylation is 1. The van der Waals surface area contributed by atoms with Crippen molar-refractivity contribution in [1.82, 2.24) is 5.32 Å². The fourth-order valence-electron chi connectivity index (χ4n) is 2.06. The topological polar surface area (TPSA) is 30.5 Å². The highest BCUT2D eigenvalue weighted by Crippen LogP contribution is 2.20. The zero-order valence-corrected chi connectivity index (χ0v) is 11.2. The average Bonchev–Trinajstić information content (AvgIpc) is 2.36. The van der Waals surface area contributed by atoms with Crippen molar-refractivity contribution in [2.45, 2.75) is 32.1 Å². The molecule has 0 fully saturated rings. The molecule has 0 spiro atoms. The Kier molecular flexibility index (Phi) is 6.19. The summed E-state index contributed by atoms with van der Waals surface area (Å²) >= 11 is 0. The third-order valence-electron chi connectivity index (χ3n) is 2.90. The van der Waals surface area contributed by atoms with E-state index in [0.717, 1.165) is 12.8 Å². The molecule has 0 aromatic heterocycles. The van der Waals surface area contributed by atoms with Crippen molar-refractivity contribution in [3.63, 3.8) is 0 Å². The molecule has 1 aromatic carbocycles. The van der Waals surface area contributed by atoms with Gasteiger partial charge in [-0.2, -0.15) is 0 Å². The monoisotopic (exact) mass is 237 g/mol. The van der Waals surface area contributed by atoms with Crippen LogP contribution in [-0.2, 0) is 15.9 Å². The van der Waals surface area contributed by atoms with Crippen LogP contribution in [-0.4, -0.2) is 27.6 Å². The van der Waals surface area contributed by atoms with Crippen molar-refractivity contribution in [1.29, 1.82) is 0 Å². The lowest BCUT2D eigenvalue weighted by Gasteiger charge is -2.25. The normalized spacial score (nSPS) is 13.0. The van der Waals surface area contributed by atoms with Crippen molar-refractivity contribution < 1.29 is 9.47 Å². The molecular formula is C14H23NO2. The second kappa shape index (κ2) is 7.43. The van der Waals surface area contributed by atoms with Gasteiger partial charge in [-0.05, 0) is 24.6 Å². The molecular weight excluding hydrogens is 214 g/mol. The van der Waals surface area contributed by atoms with E-state index in [1.807, 2.05) is 7.05 Å². The average molecular weight is 237 g/mol. The summed E-state index contributed by atoms with van der Waals surface area (Å²) < 4.78 is 10.6. The lowest BCUT2D eigenvalue weighted by molar-refractivity contribution is -0.123. The van der Waals surface area contributed by atoms with Crippen molar-refractivity contribution in [3.8, 4) is 0 Å². The van der Waals surface area contributed by atoms with Gasteiger partial charge in [0.25, 0.3) is 0 Å². The molecule has 0 bridgehead atoms. The van der Waals surface area contributed by atoms with E-state index < -0.39 is 0 Å². The van der Waals surface area contributed by atoms with Crippen molar-refractivity contribution in [2.24, 2.45) is 0 Å². The highest BCUT2D eigenvalue weighted by atomic mass is 16.7. The third-order valence-corrected chi connectivity index (χ3v) is 2.90. The van der Waals surface area contributed by atoms with Gasteiger partial charge in [0.2, 0.25) is 0 Å². The second-order valence-corrected chi connectivity index (χ2v) is 4.10. The molecule has 3 nitrogen and oxygen atoms in total. The molecule has 1 unspecified atom stereocenters. The molecule has 96 valence electrons. The van der Waals surface area contributed by atoms with E-state index >= 15 is 0 Å². The van der Waals surface area contributed by atoms with Gasteiger partial charge in [0.15, 0.2) is 6.29 Å². The summed E-state index contributed by atoms with van der Waals surface area (Å²) in [6, 6.07) is 8.63. The molecule has 1 atom stereocenters. The Morgan fingerprint density at radius 3 is 2.47 bits per heavy atom. The van der Waals surface area contributed by atoms with Gasteiger partial charge >= 0.3 is 0 Å². The standard InChI is InChI=1S/C14H23NO2/c1-5-7-11-8-6-9-12(10-11)13(15-2)14(16-3)17-4/h6,8-10,13-15H,5,7H2,1-4H3. The first-order valence-electron chi connectivity index (χ1n) is 6.08. The predicted octanol–water partition coefficient (Wildman–Crippen LogP) is 2.52. The molecule has 3 heteroatoms. The summed E-state index contributed by atoms with van der Waals surface area (Å²) in [4.78, 5) is 0. The van der Waals surface area contributed by atoms with Crippen LogP contribution in [0.5, 0.6) is 0 Å². The van der Waals surface area contributed by atoms with Crippen LogP contribution in [0.4, 0.5) is 0 Å². The van der Waals surface area contributed by atoms with Gasteiger partial charge in [0, 0.05) is 14.2 Å². The summed E-state index contributed by atoms with van der Waals surface area (Å²) in [5, 5.41) is 3.24. The van der Waals surface area contributed by atoms with Gasteiger partial charge in [0.05, 0.1) is 6.04 Å². The van der Waals surface area contributed by atoms with Crippen LogP contribution in [0.15, 0.2) is 24.3 Å². The first-order valence-corrected chi connectivity index (χ1v) is 6.08. The van der Waals surface area contributed by atoms with Crippen molar-refractivity contribution in [3.05, 3.63) is 35.4 Å². The number of benzene rings is 1. The first kappa shape index (κ1) is 14.2. The minimum absolute atomic E-state index is 0.0572. The van der Waals surface area contributed by atoms with E-state index in [0.29, 0.717) is 0 Å². The highest BCUT2D eigenvalue weighted by molar-refractivity contribution is 5.26. The maximum absolute atomic E-state index is 5.32. The van der Waals surface area contributed by atoms with Crippen molar-refractivity contribution >= 4 is 0 Å². The molecule has 1 aromatic rings.